The van der Waals surface area contributed by atoms with E-state index in [1.165, 1.54) is 0 Å². The van der Waals surface area contributed by atoms with Gasteiger partial charge in [0.05, 0.1) is 11.0 Å². The Morgan fingerprint density at radius 3 is 2.60 bits per heavy atom. The summed E-state index contributed by atoms with van der Waals surface area (Å²) in [5, 5.41) is 14.9. The molecule has 2 rings (SSSR count). The second-order valence-electron chi connectivity index (χ2n) is 3.96. The summed E-state index contributed by atoms with van der Waals surface area (Å²) in [7, 11) is 0. The lowest BCUT2D eigenvalue weighted by Gasteiger charge is -2.10. The molecule has 6 heteroatoms. The number of nitrogens with two attached hydrogens (primary N) is 1. The van der Waals surface area contributed by atoms with Crippen molar-refractivity contribution in [1.29, 1.82) is 0 Å². The smallest absolute Gasteiger partial charge is 0.333 e. The molecule has 1 saturated carbocycles. The first-order chi connectivity index (χ1) is 7.11. The van der Waals surface area contributed by atoms with Gasteiger partial charge >= 0.3 is 5.69 Å². The molecule has 0 unspecified atom stereocenters. The average Bonchev–Trinajstić information content (AvgIpc) is 2.72. The highest BCUT2D eigenvalue weighted by molar-refractivity contribution is 5.56. The second kappa shape index (κ2) is 3.52. The van der Waals surface area contributed by atoms with E-state index in [0.717, 1.165) is 25.7 Å². The van der Waals surface area contributed by atoms with Crippen LogP contribution in [0.5, 0.6) is 0 Å². The third-order valence-corrected chi connectivity index (χ3v) is 2.94. The molecule has 15 heavy (non-hydrogen) atoms. The molecule has 2 N–H and O–H groups in total. The van der Waals surface area contributed by atoms with E-state index in [0.29, 0.717) is 5.69 Å². The van der Waals surface area contributed by atoms with Crippen LogP contribution in [0.2, 0.25) is 0 Å². The Kier molecular flexibility index (Phi) is 2.34. The van der Waals surface area contributed by atoms with Crippen LogP contribution in [0.4, 0.5) is 11.5 Å². The Morgan fingerprint density at radius 2 is 2.13 bits per heavy atom. The number of nitrogens with zero attached hydrogens (tertiary/aromatic N) is 3. The van der Waals surface area contributed by atoms with Crippen molar-refractivity contribution in [1.82, 2.24) is 9.78 Å². The summed E-state index contributed by atoms with van der Waals surface area (Å²) in [6.45, 7) is 1.62. The van der Waals surface area contributed by atoms with E-state index in [9.17, 15) is 10.1 Å². The summed E-state index contributed by atoms with van der Waals surface area (Å²) in [4.78, 5) is 10.3. The van der Waals surface area contributed by atoms with E-state index in [1.54, 1.807) is 11.6 Å². The standard InChI is InChI=1S/C9H14N4O2/c1-6-8(13(14)15)9(10)12(11-6)7-4-2-3-5-7/h7H,2-5,10H2,1H3. The van der Waals surface area contributed by atoms with E-state index in [1.807, 2.05) is 0 Å². The maximum atomic E-state index is 10.7. The summed E-state index contributed by atoms with van der Waals surface area (Å²) in [5.41, 5.74) is 6.11. The highest BCUT2D eigenvalue weighted by Gasteiger charge is 2.28. The zero-order chi connectivity index (χ0) is 11.0. The predicted octanol–water partition coefficient (Wildman–Crippen LogP) is 1.80. The zero-order valence-corrected chi connectivity index (χ0v) is 8.64. The molecule has 0 saturated heterocycles. The van der Waals surface area contributed by atoms with Gasteiger partial charge in [-0.3, -0.25) is 10.1 Å². The molecule has 1 aromatic heterocycles. The number of nitro groups is 1. The van der Waals surface area contributed by atoms with Crippen LogP contribution in [0.15, 0.2) is 0 Å². The first-order valence-corrected chi connectivity index (χ1v) is 5.10. The summed E-state index contributed by atoms with van der Waals surface area (Å²) in [6.07, 6.45) is 4.33. The molecule has 0 bridgehead atoms. The summed E-state index contributed by atoms with van der Waals surface area (Å²) in [5.74, 6) is 0.199. The van der Waals surface area contributed by atoms with Gasteiger partial charge in [0.1, 0.15) is 5.69 Å². The van der Waals surface area contributed by atoms with Crippen molar-refractivity contribution >= 4 is 11.5 Å². The molecule has 6 nitrogen and oxygen atoms in total. The monoisotopic (exact) mass is 210 g/mol. The van der Waals surface area contributed by atoms with Gasteiger partial charge in [-0.2, -0.15) is 5.10 Å². The number of aromatic nitrogens is 2. The summed E-state index contributed by atoms with van der Waals surface area (Å²) >= 11 is 0. The third kappa shape index (κ3) is 1.55. The molecule has 1 aliphatic carbocycles. The van der Waals surface area contributed by atoms with Crippen LogP contribution >= 0.6 is 0 Å². The van der Waals surface area contributed by atoms with Crippen LogP contribution in [0.1, 0.15) is 37.4 Å². The van der Waals surface area contributed by atoms with Gasteiger partial charge in [0.2, 0.25) is 5.82 Å². The maximum Gasteiger partial charge on any atom is 0.333 e. The number of nitrogen functional groups attached to an aromatic ring is 1. The Bertz CT molecular complexity index is 393. The van der Waals surface area contributed by atoms with Gasteiger partial charge in [-0.25, -0.2) is 4.68 Å². The van der Waals surface area contributed by atoms with Crippen molar-refractivity contribution in [3.8, 4) is 0 Å². The van der Waals surface area contributed by atoms with E-state index in [4.69, 9.17) is 5.73 Å². The Balaban J connectivity index is 2.40. The van der Waals surface area contributed by atoms with Crippen molar-refractivity contribution in [2.24, 2.45) is 0 Å². The van der Waals surface area contributed by atoms with Crippen LogP contribution < -0.4 is 5.73 Å². The first-order valence-electron chi connectivity index (χ1n) is 5.10. The van der Waals surface area contributed by atoms with Crippen LogP contribution in [0, 0.1) is 17.0 Å². The highest BCUT2D eigenvalue weighted by Crippen LogP contribution is 2.35. The molecule has 82 valence electrons. The van der Waals surface area contributed by atoms with Gasteiger partial charge in [0, 0.05) is 0 Å². The molecule has 0 aliphatic heterocycles. The van der Waals surface area contributed by atoms with E-state index in [-0.39, 0.29) is 17.5 Å². The molecule has 0 atom stereocenters. The predicted molar refractivity (Wildman–Crippen MR) is 55.5 cm³/mol. The molecular formula is C9H14N4O2. The Morgan fingerprint density at radius 1 is 1.53 bits per heavy atom. The van der Waals surface area contributed by atoms with Crippen LogP contribution in [0.3, 0.4) is 0 Å². The van der Waals surface area contributed by atoms with Crippen molar-refractivity contribution in [2.45, 2.75) is 38.6 Å². The molecule has 0 spiro atoms. The molecular weight excluding hydrogens is 196 g/mol. The van der Waals surface area contributed by atoms with Gasteiger partial charge in [-0.1, -0.05) is 12.8 Å². The largest absolute Gasteiger partial charge is 0.378 e. The summed E-state index contributed by atoms with van der Waals surface area (Å²) in [6, 6.07) is 0.248. The highest BCUT2D eigenvalue weighted by atomic mass is 16.6. The topological polar surface area (TPSA) is 87.0 Å². The van der Waals surface area contributed by atoms with Crippen molar-refractivity contribution in [3.05, 3.63) is 15.8 Å². The molecule has 1 aromatic rings. The molecule has 0 amide bonds. The SMILES string of the molecule is Cc1nn(C2CCCC2)c(N)c1[N+](=O)[O-]. The van der Waals surface area contributed by atoms with Crippen LogP contribution in [0.25, 0.3) is 0 Å². The van der Waals surface area contributed by atoms with Crippen LogP contribution in [-0.2, 0) is 0 Å². The van der Waals surface area contributed by atoms with Crippen molar-refractivity contribution < 1.29 is 4.92 Å². The van der Waals surface area contributed by atoms with Crippen molar-refractivity contribution in [3.63, 3.8) is 0 Å². The molecule has 1 fully saturated rings. The molecule has 1 heterocycles. The third-order valence-electron chi connectivity index (χ3n) is 2.94. The van der Waals surface area contributed by atoms with Gasteiger partial charge in [0.15, 0.2) is 0 Å². The minimum Gasteiger partial charge on any atom is -0.378 e. The van der Waals surface area contributed by atoms with Gasteiger partial charge in [0.25, 0.3) is 0 Å². The minimum absolute atomic E-state index is 0.0399. The molecule has 0 aromatic carbocycles. The number of rotatable bonds is 2. The molecule has 1 aliphatic rings. The number of aryl methyl sites for hydroxylation is 1. The Labute approximate surface area is 87.2 Å². The fourth-order valence-corrected chi connectivity index (χ4v) is 2.21. The first kappa shape index (κ1) is 9.95. The Hall–Kier alpha value is -1.59. The number of hydrogen-bond donors (Lipinski definition) is 1. The normalized spacial score (nSPS) is 17.1. The van der Waals surface area contributed by atoms with E-state index in [2.05, 4.69) is 5.10 Å². The molecule has 0 radical (unpaired) electrons. The lowest BCUT2D eigenvalue weighted by atomic mass is 10.2. The maximum absolute atomic E-state index is 10.7. The second-order valence-corrected chi connectivity index (χ2v) is 3.96. The summed E-state index contributed by atoms with van der Waals surface area (Å²) < 4.78 is 1.63. The quantitative estimate of drug-likeness (QED) is 0.595. The zero-order valence-electron chi connectivity index (χ0n) is 8.64. The average molecular weight is 210 g/mol. The lowest BCUT2D eigenvalue weighted by Crippen LogP contribution is -2.10. The van der Waals surface area contributed by atoms with Gasteiger partial charge in [-0.15, -0.1) is 0 Å². The van der Waals surface area contributed by atoms with Crippen LogP contribution in [-0.4, -0.2) is 14.7 Å². The van der Waals surface area contributed by atoms with E-state index >= 15 is 0 Å². The lowest BCUT2D eigenvalue weighted by molar-refractivity contribution is -0.384. The van der Waals surface area contributed by atoms with Gasteiger partial charge < -0.3 is 5.73 Å². The fraction of sp³-hybridized carbons (Fsp3) is 0.667. The van der Waals surface area contributed by atoms with Crippen molar-refractivity contribution in [2.75, 3.05) is 5.73 Å². The van der Waals surface area contributed by atoms with Gasteiger partial charge in [-0.05, 0) is 19.8 Å². The number of hydrogen-bond acceptors (Lipinski definition) is 4. The fourth-order valence-electron chi connectivity index (χ4n) is 2.21. The minimum atomic E-state index is -0.455. The number of anilines is 1. The van der Waals surface area contributed by atoms with E-state index < -0.39 is 4.92 Å².